The van der Waals surface area contributed by atoms with Crippen molar-refractivity contribution in [1.29, 1.82) is 5.26 Å². The molecule has 0 radical (unpaired) electrons. The lowest BCUT2D eigenvalue weighted by atomic mass is 10.3. The lowest BCUT2D eigenvalue weighted by molar-refractivity contribution is 0.885. The van der Waals surface area contributed by atoms with E-state index in [0.29, 0.717) is 24.9 Å². The van der Waals surface area contributed by atoms with Gasteiger partial charge in [0.2, 0.25) is 17.2 Å². The van der Waals surface area contributed by atoms with E-state index in [1.807, 2.05) is 35.2 Å². The number of anilines is 3. The average molecular weight is 289 g/mol. The molecule has 20 heavy (non-hydrogen) atoms. The van der Waals surface area contributed by atoms with Crippen molar-refractivity contribution in [1.82, 2.24) is 15.0 Å². The van der Waals surface area contributed by atoms with Crippen LogP contribution in [0.1, 0.15) is 6.42 Å². The quantitative estimate of drug-likeness (QED) is 0.911. The van der Waals surface area contributed by atoms with Gasteiger partial charge in [-0.3, -0.25) is 0 Å². The maximum absolute atomic E-state index is 8.80. The number of rotatable bonds is 5. The van der Waals surface area contributed by atoms with E-state index in [0.717, 1.165) is 5.69 Å². The molecule has 0 unspecified atom stereocenters. The molecule has 0 bridgehead atoms. The number of halogens is 1. The molecular formula is C13H13ClN6. The van der Waals surface area contributed by atoms with E-state index in [-0.39, 0.29) is 5.28 Å². The normalized spacial score (nSPS) is 9.85. The zero-order valence-electron chi connectivity index (χ0n) is 10.9. The monoisotopic (exact) mass is 288 g/mol. The Bertz CT molecular complexity index is 610. The van der Waals surface area contributed by atoms with Crippen molar-refractivity contribution in [3.05, 3.63) is 35.6 Å². The molecule has 1 aromatic carbocycles. The lowest BCUT2D eigenvalue weighted by Gasteiger charge is -2.21. The number of nitriles is 1. The molecule has 0 aliphatic rings. The molecule has 0 fully saturated rings. The third-order valence-corrected chi connectivity index (χ3v) is 2.75. The summed E-state index contributed by atoms with van der Waals surface area (Å²) in [5, 5.41) is 11.7. The largest absolute Gasteiger partial charge is 0.357 e. The van der Waals surface area contributed by atoms with Crippen LogP contribution >= 0.6 is 11.6 Å². The fraction of sp³-hybridized carbons (Fsp3) is 0.231. The van der Waals surface area contributed by atoms with Crippen molar-refractivity contribution in [2.45, 2.75) is 6.42 Å². The summed E-state index contributed by atoms with van der Waals surface area (Å²) < 4.78 is 0. The Morgan fingerprint density at radius 1 is 1.25 bits per heavy atom. The summed E-state index contributed by atoms with van der Waals surface area (Å²) in [6.07, 6.45) is 0.354. The van der Waals surface area contributed by atoms with E-state index >= 15 is 0 Å². The summed E-state index contributed by atoms with van der Waals surface area (Å²) in [6, 6.07) is 11.7. The third-order valence-electron chi connectivity index (χ3n) is 2.58. The SMILES string of the molecule is CNc1nc(Cl)nc(N(CCC#N)c2ccccc2)n1. The van der Waals surface area contributed by atoms with Gasteiger partial charge in [-0.25, -0.2) is 0 Å². The van der Waals surface area contributed by atoms with E-state index < -0.39 is 0 Å². The van der Waals surface area contributed by atoms with Crippen LogP contribution in [0.3, 0.4) is 0 Å². The number of aromatic nitrogens is 3. The summed E-state index contributed by atoms with van der Waals surface area (Å²) >= 11 is 5.90. The first-order valence-corrected chi connectivity index (χ1v) is 6.41. The fourth-order valence-electron chi connectivity index (χ4n) is 1.69. The van der Waals surface area contributed by atoms with Gasteiger partial charge in [0.1, 0.15) is 0 Å². The number of nitrogens with zero attached hydrogens (tertiary/aromatic N) is 5. The smallest absolute Gasteiger partial charge is 0.236 e. The van der Waals surface area contributed by atoms with E-state index in [1.165, 1.54) is 0 Å². The summed E-state index contributed by atoms with van der Waals surface area (Å²) in [5.41, 5.74) is 0.895. The fourth-order valence-corrected chi connectivity index (χ4v) is 1.84. The minimum atomic E-state index is 0.109. The van der Waals surface area contributed by atoms with Crippen LogP contribution in [-0.2, 0) is 0 Å². The Labute approximate surface area is 122 Å². The van der Waals surface area contributed by atoms with E-state index in [2.05, 4.69) is 26.3 Å². The predicted molar refractivity (Wildman–Crippen MR) is 78.1 cm³/mol. The Kier molecular flexibility index (Phi) is 4.69. The molecule has 0 aliphatic carbocycles. The number of nitrogens with one attached hydrogen (secondary N) is 1. The Hall–Kier alpha value is -2.39. The number of benzene rings is 1. The molecule has 2 rings (SSSR count). The molecule has 1 aromatic heterocycles. The Morgan fingerprint density at radius 3 is 2.65 bits per heavy atom. The van der Waals surface area contributed by atoms with Crippen molar-refractivity contribution in [2.24, 2.45) is 0 Å². The van der Waals surface area contributed by atoms with Crippen LogP contribution in [0.25, 0.3) is 0 Å². The van der Waals surface area contributed by atoms with E-state index in [9.17, 15) is 0 Å². The molecule has 2 aromatic rings. The van der Waals surface area contributed by atoms with Gasteiger partial charge in [0.15, 0.2) is 0 Å². The molecule has 0 spiro atoms. The molecule has 7 heteroatoms. The predicted octanol–water partition coefficient (Wildman–Crippen LogP) is 2.62. The molecular weight excluding hydrogens is 276 g/mol. The molecule has 0 aliphatic heterocycles. The van der Waals surface area contributed by atoms with Gasteiger partial charge >= 0.3 is 0 Å². The first kappa shape index (κ1) is 14.0. The third kappa shape index (κ3) is 3.33. The van der Waals surface area contributed by atoms with Crippen LogP contribution < -0.4 is 10.2 Å². The summed E-state index contributed by atoms with van der Waals surface area (Å²) in [7, 11) is 1.71. The molecule has 1 heterocycles. The van der Waals surface area contributed by atoms with Gasteiger partial charge < -0.3 is 10.2 Å². The van der Waals surface area contributed by atoms with Gasteiger partial charge in [-0.05, 0) is 23.7 Å². The average Bonchev–Trinajstić information content (AvgIpc) is 2.48. The van der Waals surface area contributed by atoms with Gasteiger partial charge in [0.25, 0.3) is 0 Å². The second kappa shape index (κ2) is 6.68. The number of hydrogen-bond acceptors (Lipinski definition) is 6. The van der Waals surface area contributed by atoms with E-state index in [1.54, 1.807) is 7.05 Å². The summed E-state index contributed by atoms with van der Waals surface area (Å²) in [6.45, 7) is 0.476. The molecule has 1 N–H and O–H groups in total. The van der Waals surface area contributed by atoms with Crippen LogP contribution in [-0.4, -0.2) is 28.5 Å². The van der Waals surface area contributed by atoms with Crippen molar-refractivity contribution in [3.63, 3.8) is 0 Å². The lowest BCUT2D eigenvalue weighted by Crippen LogP contribution is -2.21. The first-order chi connectivity index (χ1) is 9.74. The van der Waals surface area contributed by atoms with Crippen molar-refractivity contribution in [2.75, 3.05) is 23.8 Å². The second-order valence-electron chi connectivity index (χ2n) is 3.87. The second-order valence-corrected chi connectivity index (χ2v) is 4.21. The number of hydrogen-bond donors (Lipinski definition) is 1. The maximum Gasteiger partial charge on any atom is 0.236 e. The molecule has 0 atom stereocenters. The Morgan fingerprint density at radius 2 is 2.00 bits per heavy atom. The highest BCUT2D eigenvalue weighted by atomic mass is 35.5. The van der Waals surface area contributed by atoms with Crippen molar-refractivity contribution in [3.8, 4) is 6.07 Å². The minimum absolute atomic E-state index is 0.109. The van der Waals surface area contributed by atoms with Gasteiger partial charge in [0.05, 0.1) is 12.5 Å². The molecule has 0 saturated heterocycles. The van der Waals surface area contributed by atoms with Gasteiger partial charge in [-0.2, -0.15) is 20.2 Å². The van der Waals surface area contributed by atoms with Gasteiger partial charge in [-0.1, -0.05) is 18.2 Å². The van der Waals surface area contributed by atoms with Crippen molar-refractivity contribution >= 4 is 29.2 Å². The van der Waals surface area contributed by atoms with Crippen LogP contribution in [0.15, 0.2) is 30.3 Å². The van der Waals surface area contributed by atoms with E-state index in [4.69, 9.17) is 16.9 Å². The zero-order valence-corrected chi connectivity index (χ0v) is 11.7. The minimum Gasteiger partial charge on any atom is -0.357 e. The van der Waals surface area contributed by atoms with Crippen LogP contribution in [0.5, 0.6) is 0 Å². The van der Waals surface area contributed by atoms with Crippen LogP contribution in [0, 0.1) is 11.3 Å². The van der Waals surface area contributed by atoms with Crippen LogP contribution in [0.2, 0.25) is 5.28 Å². The van der Waals surface area contributed by atoms with Crippen LogP contribution in [0.4, 0.5) is 17.6 Å². The zero-order chi connectivity index (χ0) is 14.4. The topological polar surface area (TPSA) is 77.7 Å². The molecule has 6 nitrogen and oxygen atoms in total. The summed E-state index contributed by atoms with van der Waals surface area (Å²) in [4.78, 5) is 14.2. The molecule has 0 amide bonds. The van der Waals surface area contributed by atoms with Gasteiger partial charge in [0, 0.05) is 19.3 Å². The molecule has 102 valence electrons. The molecule has 0 saturated carbocycles. The standard InChI is InChI=1S/C13H13ClN6/c1-16-12-17-11(14)18-13(19-12)20(9-5-8-15)10-6-3-2-4-7-10/h2-4,6-7H,5,9H2,1H3,(H,16,17,18,19). The number of para-hydroxylation sites is 1. The summed E-state index contributed by atoms with van der Waals surface area (Å²) in [5.74, 6) is 0.800. The highest BCUT2D eigenvalue weighted by Gasteiger charge is 2.14. The maximum atomic E-state index is 8.80. The Balaban J connectivity index is 2.41. The highest BCUT2D eigenvalue weighted by molar-refractivity contribution is 6.28. The first-order valence-electron chi connectivity index (χ1n) is 6.03. The highest BCUT2D eigenvalue weighted by Crippen LogP contribution is 2.23. The van der Waals surface area contributed by atoms with Gasteiger partial charge in [-0.15, -0.1) is 0 Å². The van der Waals surface area contributed by atoms with Crippen molar-refractivity contribution < 1.29 is 0 Å².